The van der Waals surface area contributed by atoms with Crippen LogP contribution in [0.25, 0.3) is 10.9 Å². The Kier molecular flexibility index (Phi) is 4.71. The molecular formula is C20H19N3O2. The summed E-state index contributed by atoms with van der Waals surface area (Å²) in [4.78, 5) is 4.39. The largest absolute Gasteiger partial charge is 0.493 e. The van der Waals surface area contributed by atoms with Gasteiger partial charge in [0.1, 0.15) is 11.6 Å². The third-order valence-corrected chi connectivity index (χ3v) is 4.13. The molecule has 0 atom stereocenters. The average molecular weight is 333 g/mol. The van der Waals surface area contributed by atoms with Crippen LogP contribution in [0, 0.1) is 11.3 Å². The van der Waals surface area contributed by atoms with Gasteiger partial charge in [0, 0.05) is 17.3 Å². The molecule has 1 heterocycles. The molecule has 5 heteroatoms. The number of fused-ring (bicyclic) bond motifs is 1. The molecule has 5 nitrogen and oxygen atoms in total. The topological polar surface area (TPSA) is 67.2 Å². The van der Waals surface area contributed by atoms with Crippen molar-refractivity contribution in [2.24, 2.45) is 0 Å². The van der Waals surface area contributed by atoms with Gasteiger partial charge in [-0.2, -0.15) is 5.26 Å². The minimum Gasteiger partial charge on any atom is -0.493 e. The maximum absolute atomic E-state index is 9.48. The van der Waals surface area contributed by atoms with Crippen LogP contribution in [-0.4, -0.2) is 19.2 Å². The third kappa shape index (κ3) is 3.07. The highest BCUT2D eigenvalue weighted by atomic mass is 16.5. The number of anilines is 2. The number of nitriles is 1. The Balaban J connectivity index is 2.16. The fraction of sp³-hybridized carbons (Fsp3) is 0.200. The minimum atomic E-state index is 0.472. The Morgan fingerprint density at radius 2 is 1.84 bits per heavy atom. The second-order valence-corrected chi connectivity index (χ2v) is 5.53. The van der Waals surface area contributed by atoms with E-state index in [1.807, 2.05) is 24.3 Å². The smallest absolute Gasteiger partial charge is 0.187 e. The quantitative estimate of drug-likeness (QED) is 0.748. The summed E-state index contributed by atoms with van der Waals surface area (Å²) in [5.74, 6) is 1.15. The van der Waals surface area contributed by atoms with Gasteiger partial charge in [0.2, 0.25) is 0 Å². The molecule has 0 bridgehead atoms. The lowest BCUT2D eigenvalue weighted by atomic mass is 10.1. The zero-order chi connectivity index (χ0) is 17.8. The predicted molar refractivity (Wildman–Crippen MR) is 98.7 cm³/mol. The lowest BCUT2D eigenvalue weighted by molar-refractivity contribution is 0.358. The summed E-state index contributed by atoms with van der Waals surface area (Å²) < 4.78 is 10.8. The molecule has 3 aromatic rings. The Labute approximate surface area is 146 Å². The number of hydrogen-bond acceptors (Lipinski definition) is 5. The molecule has 3 rings (SSSR count). The van der Waals surface area contributed by atoms with Gasteiger partial charge in [-0.05, 0) is 36.2 Å². The molecule has 0 saturated heterocycles. The number of nitrogens with one attached hydrogen (secondary N) is 1. The second kappa shape index (κ2) is 7.10. The van der Waals surface area contributed by atoms with Gasteiger partial charge in [0.15, 0.2) is 11.5 Å². The number of aryl methyl sites for hydroxylation is 1. The van der Waals surface area contributed by atoms with Gasteiger partial charge in [0.25, 0.3) is 0 Å². The van der Waals surface area contributed by atoms with E-state index >= 15 is 0 Å². The first-order chi connectivity index (χ1) is 12.2. The molecule has 0 aliphatic rings. The van der Waals surface area contributed by atoms with Crippen molar-refractivity contribution in [3.05, 3.63) is 53.7 Å². The summed E-state index contributed by atoms with van der Waals surface area (Å²) in [6, 6.07) is 14.1. The highest BCUT2D eigenvalue weighted by Gasteiger charge is 2.16. The Morgan fingerprint density at radius 1 is 1.08 bits per heavy atom. The fourth-order valence-electron chi connectivity index (χ4n) is 2.77. The summed E-state index contributed by atoms with van der Waals surface area (Å²) in [7, 11) is 3.16. The zero-order valence-electron chi connectivity index (χ0n) is 14.5. The highest BCUT2D eigenvalue weighted by Crippen LogP contribution is 2.38. The summed E-state index contributed by atoms with van der Waals surface area (Å²) in [5, 5.41) is 13.6. The molecule has 0 saturated carbocycles. The van der Waals surface area contributed by atoms with Gasteiger partial charge < -0.3 is 14.8 Å². The molecule has 2 aromatic carbocycles. The van der Waals surface area contributed by atoms with Crippen molar-refractivity contribution < 1.29 is 9.47 Å². The normalized spacial score (nSPS) is 10.3. The predicted octanol–water partition coefficient (Wildman–Crippen LogP) is 4.43. The van der Waals surface area contributed by atoms with E-state index in [1.165, 1.54) is 5.56 Å². The first-order valence-electron chi connectivity index (χ1n) is 8.01. The maximum Gasteiger partial charge on any atom is 0.187 e. The van der Waals surface area contributed by atoms with Crippen molar-refractivity contribution >= 4 is 22.3 Å². The number of pyridine rings is 1. The second-order valence-electron chi connectivity index (χ2n) is 5.53. The molecule has 1 N–H and O–H groups in total. The molecule has 0 fully saturated rings. The molecule has 0 unspecified atom stereocenters. The Bertz CT molecular complexity index is 944. The molecule has 0 amide bonds. The van der Waals surface area contributed by atoms with Crippen LogP contribution in [0.4, 0.5) is 11.4 Å². The van der Waals surface area contributed by atoms with Crippen LogP contribution in [0.5, 0.6) is 11.5 Å². The van der Waals surface area contributed by atoms with Crippen LogP contribution < -0.4 is 14.8 Å². The number of nitrogens with zero attached hydrogens (tertiary/aromatic N) is 2. The molecule has 0 radical (unpaired) electrons. The third-order valence-electron chi connectivity index (χ3n) is 4.13. The van der Waals surface area contributed by atoms with Gasteiger partial charge in [-0.1, -0.05) is 19.1 Å². The number of hydrogen-bond donors (Lipinski definition) is 1. The maximum atomic E-state index is 9.48. The van der Waals surface area contributed by atoms with Crippen molar-refractivity contribution in [2.45, 2.75) is 13.3 Å². The summed E-state index contributed by atoms with van der Waals surface area (Å²) in [5.41, 5.74) is 4.00. The number of benzene rings is 2. The van der Waals surface area contributed by atoms with E-state index in [-0.39, 0.29) is 0 Å². The summed E-state index contributed by atoms with van der Waals surface area (Å²) >= 11 is 0. The Hall–Kier alpha value is -3.26. The molecule has 0 aliphatic carbocycles. The fourth-order valence-corrected chi connectivity index (χ4v) is 2.77. The van der Waals surface area contributed by atoms with E-state index in [9.17, 15) is 5.26 Å². The van der Waals surface area contributed by atoms with E-state index in [4.69, 9.17) is 9.47 Å². The van der Waals surface area contributed by atoms with Crippen LogP contribution in [0.15, 0.2) is 42.6 Å². The minimum absolute atomic E-state index is 0.472. The van der Waals surface area contributed by atoms with E-state index in [2.05, 4.69) is 35.4 Å². The Morgan fingerprint density at radius 3 is 2.44 bits per heavy atom. The monoisotopic (exact) mass is 333 g/mol. The highest BCUT2D eigenvalue weighted by molar-refractivity contribution is 5.99. The van der Waals surface area contributed by atoms with Crippen LogP contribution >= 0.6 is 0 Å². The first-order valence-corrected chi connectivity index (χ1v) is 8.01. The molecule has 0 spiro atoms. The van der Waals surface area contributed by atoms with Gasteiger partial charge in [-0.15, -0.1) is 0 Å². The van der Waals surface area contributed by atoms with Crippen LogP contribution in [0.2, 0.25) is 0 Å². The zero-order valence-corrected chi connectivity index (χ0v) is 14.5. The number of rotatable bonds is 5. The lowest BCUT2D eigenvalue weighted by Crippen LogP contribution is -1.99. The van der Waals surface area contributed by atoms with Gasteiger partial charge >= 0.3 is 0 Å². The van der Waals surface area contributed by atoms with Crippen LogP contribution in [-0.2, 0) is 6.42 Å². The molecular weight excluding hydrogens is 314 g/mol. The number of aromatic nitrogens is 1. The molecule has 25 heavy (non-hydrogen) atoms. The molecule has 126 valence electrons. The summed E-state index contributed by atoms with van der Waals surface area (Å²) in [6.07, 6.45) is 2.53. The van der Waals surface area contributed by atoms with E-state index in [0.29, 0.717) is 28.3 Å². The lowest BCUT2D eigenvalue weighted by Gasteiger charge is -2.15. The van der Waals surface area contributed by atoms with Crippen LogP contribution in [0.3, 0.4) is 0 Å². The van der Waals surface area contributed by atoms with Crippen molar-refractivity contribution in [1.29, 1.82) is 5.26 Å². The van der Waals surface area contributed by atoms with Crippen LogP contribution in [0.1, 0.15) is 18.1 Å². The first kappa shape index (κ1) is 16.6. The standard InChI is InChI=1S/C20H19N3O2/c1-4-13-5-7-15(8-6-13)23-18-14(11-21)12-22-19-16(18)9-10-17(24-2)20(19)25-3/h5-10,12H,4H2,1-3H3,(H,22,23). The van der Waals surface area contributed by atoms with E-state index in [0.717, 1.165) is 17.5 Å². The molecule has 1 aromatic heterocycles. The number of ether oxygens (including phenoxy) is 2. The van der Waals surface area contributed by atoms with Gasteiger partial charge in [0.05, 0.1) is 25.5 Å². The van der Waals surface area contributed by atoms with E-state index in [1.54, 1.807) is 20.4 Å². The summed E-state index contributed by atoms with van der Waals surface area (Å²) in [6.45, 7) is 2.12. The van der Waals surface area contributed by atoms with E-state index < -0.39 is 0 Å². The molecule has 0 aliphatic heterocycles. The van der Waals surface area contributed by atoms with Crippen molar-refractivity contribution in [2.75, 3.05) is 19.5 Å². The van der Waals surface area contributed by atoms with Crippen molar-refractivity contribution in [1.82, 2.24) is 4.98 Å². The average Bonchev–Trinajstić information content (AvgIpc) is 2.67. The van der Waals surface area contributed by atoms with Crippen molar-refractivity contribution in [3.8, 4) is 17.6 Å². The number of methoxy groups -OCH3 is 2. The van der Waals surface area contributed by atoms with Gasteiger partial charge in [-0.25, -0.2) is 0 Å². The van der Waals surface area contributed by atoms with Crippen molar-refractivity contribution in [3.63, 3.8) is 0 Å². The SMILES string of the molecule is CCc1ccc(Nc2c(C#N)cnc3c(OC)c(OC)ccc23)cc1. The van der Waals surface area contributed by atoms with Gasteiger partial charge in [-0.3, -0.25) is 4.98 Å².